The van der Waals surface area contributed by atoms with Crippen LogP contribution in [-0.4, -0.2) is 45.9 Å². The van der Waals surface area contributed by atoms with E-state index in [1.807, 2.05) is 0 Å². The molecule has 2 saturated heterocycles. The summed E-state index contributed by atoms with van der Waals surface area (Å²) >= 11 is 0. The van der Waals surface area contributed by atoms with Crippen molar-refractivity contribution in [1.29, 1.82) is 0 Å². The first-order valence-corrected chi connectivity index (χ1v) is 9.28. The monoisotopic (exact) mass is 373 g/mol. The quantitative estimate of drug-likeness (QED) is 0.645. The van der Waals surface area contributed by atoms with Gasteiger partial charge in [-0.3, -0.25) is 0 Å². The number of hydrogen-bond acceptors (Lipinski definition) is 2. The Morgan fingerprint density at radius 1 is 0.846 bits per heavy atom. The highest BCUT2D eigenvalue weighted by Crippen LogP contribution is 2.32. The van der Waals surface area contributed by atoms with E-state index in [1.165, 1.54) is 9.80 Å². The van der Waals surface area contributed by atoms with E-state index in [-0.39, 0.29) is 0 Å². The van der Waals surface area contributed by atoms with E-state index in [9.17, 15) is 17.6 Å². The Labute approximate surface area is 151 Å². The molecule has 0 bridgehead atoms. The molecule has 0 aliphatic carbocycles. The normalized spacial score (nSPS) is 19.9. The maximum absolute atomic E-state index is 14.5. The molecule has 2 heterocycles. The van der Waals surface area contributed by atoms with Gasteiger partial charge in [0.05, 0.1) is 25.3 Å². The van der Waals surface area contributed by atoms with Crippen molar-refractivity contribution >= 4 is 11.8 Å². The minimum absolute atomic E-state index is 0.405. The molecule has 2 aliphatic rings. The van der Waals surface area contributed by atoms with Crippen LogP contribution in [0.4, 0.5) is 23.2 Å². The fourth-order valence-corrected chi connectivity index (χ4v) is 3.56. The fraction of sp³-hybridized carbons (Fsp3) is 0.579. The lowest BCUT2D eigenvalue weighted by Gasteiger charge is -2.24. The predicted octanol–water partition coefficient (Wildman–Crippen LogP) is 2.55. The molecule has 1 N–H and O–H groups in total. The van der Waals surface area contributed by atoms with Gasteiger partial charge in [-0.2, -0.15) is 0 Å². The molecule has 1 aromatic carbocycles. The summed E-state index contributed by atoms with van der Waals surface area (Å²) in [6.07, 6.45) is 6.13. The number of nitrogens with zero attached hydrogens (tertiary/aromatic N) is 1. The largest absolute Gasteiger partial charge is 0.370 e. The van der Waals surface area contributed by atoms with Crippen LogP contribution in [-0.2, 0) is 4.74 Å². The van der Waals surface area contributed by atoms with Crippen molar-refractivity contribution in [2.75, 3.05) is 50.8 Å². The molecule has 3 rings (SSSR count). The Balaban J connectivity index is 1.82. The molecule has 0 aromatic heterocycles. The highest BCUT2D eigenvalue weighted by atomic mass is 19.2. The van der Waals surface area contributed by atoms with Crippen LogP contribution in [0, 0.1) is 23.3 Å². The Morgan fingerprint density at radius 3 is 2.00 bits per heavy atom. The summed E-state index contributed by atoms with van der Waals surface area (Å²) < 4.78 is 63.2. The first kappa shape index (κ1) is 19.2. The summed E-state index contributed by atoms with van der Waals surface area (Å²) in [6.45, 7) is 4.21. The van der Waals surface area contributed by atoms with Gasteiger partial charge < -0.3 is 14.5 Å². The van der Waals surface area contributed by atoms with E-state index in [0.717, 1.165) is 44.8 Å². The van der Waals surface area contributed by atoms with Gasteiger partial charge >= 0.3 is 0 Å². The standard InChI is InChI=1S/C19H24F4N2O/c20-15-14(6-5-7-24-10-12-26-13-11-24)16(21)18(23)19(17(15)22)25-8-3-1-2-4-9-25/h5-6H,1-4,7-13H2/p+1/b6-5+. The predicted molar refractivity (Wildman–Crippen MR) is 92.4 cm³/mol. The number of ether oxygens (including phenoxy) is 1. The molecule has 144 valence electrons. The molecule has 0 spiro atoms. The van der Waals surface area contributed by atoms with Crippen molar-refractivity contribution in [1.82, 2.24) is 0 Å². The van der Waals surface area contributed by atoms with Crippen LogP contribution in [0.5, 0.6) is 0 Å². The lowest BCUT2D eigenvalue weighted by Crippen LogP contribution is -3.13. The zero-order valence-corrected chi connectivity index (χ0v) is 14.8. The molecular formula is C19H25F4N2O+. The van der Waals surface area contributed by atoms with Crippen LogP contribution >= 0.6 is 0 Å². The lowest BCUT2D eigenvalue weighted by molar-refractivity contribution is -0.902. The number of halogens is 4. The lowest BCUT2D eigenvalue weighted by atomic mass is 10.1. The topological polar surface area (TPSA) is 16.9 Å². The van der Waals surface area contributed by atoms with Gasteiger partial charge in [-0.05, 0) is 25.0 Å². The maximum Gasteiger partial charge on any atom is 0.185 e. The zero-order chi connectivity index (χ0) is 18.5. The summed E-state index contributed by atoms with van der Waals surface area (Å²) in [7, 11) is 0. The molecule has 0 saturated carbocycles. The molecule has 7 heteroatoms. The summed E-state index contributed by atoms with van der Waals surface area (Å²) in [5.74, 6) is -5.25. The first-order valence-electron chi connectivity index (χ1n) is 9.28. The molecule has 3 nitrogen and oxygen atoms in total. The van der Waals surface area contributed by atoms with Crippen LogP contribution in [0.3, 0.4) is 0 Å². The number of nitrogens with one attached hydrogen (secondary N) is 1. The van der Waals surface area contributed by atoms with Gasteiger partial charge in [0.25, 0.3) is 0 Å². The summed E-state index contributed by atoms with van der Waals surface area (Å²) in [5, 5.41) is 0. The number of quaternary nitrogens is 1. The van der Waals surface area contributed by atoms with Crippen molar-refractivity contribution in [2.45, 2.75) is 25.7 Å². The van der Waals surface area contributed by atoms with E-state index in [1.54, 1.807) is 6.08 Å². The number of benzene rings is 1. The van der Waals surface area contributed by atoms with Crippen molar-refractivity contribution in [2.24, 2.45) is 0 Å². The second-order valence-electron chi connectivity index (χ2n) is 6.89. The van der Waals surface area contributed by atoms with Gasteiger partial charge in [0.2, 0.25) is 0 Å². The third kappa shape index (κ3) is 4.20. The molecule has 1 aromatic rings. The van der Waals surface area contributed by atoms with E-state index in [2.05, 4.69) is 0 Å². The Kier molecular flexibility index (Phi) is 6.53. The summed E-state index contributed by atoms with van der Waals surface area (Å²) in [5.41, 5.74) is -1.22. The molecule has 0 radical (unpaired) electrons. The average Bonchev–Trinajstić information content (AvgIpc) is 2.93. The average molecular weight is 373 g/mol. The maximum atomic E-state index is 14.5. The van der Waals surface area contributed by atoms with Gasteiger partial charge in [0, 0.05) is 13.1 Å². The van der Waals surface area contributed by atoms with E-state index in [0.29, 0.717) is 32.8 Å². The van der Waals surface area contributed by atoms with Gasteiger partial charge in [-0.15, -0.1) is 0 Å². The Hall–Kier alpha value is -1.60. The second kappa shape index (κ2) is 8.86. The van der Waals surface area contributed by atoms with Crippen molar-refractivity contribution in [3.63, 3.8) is 0 Å². The Morgan fingerprint density at radius 2 is 1.42 bits per heavy atom. The van der Waals surface area contributed by atoms with Crippen molar-refractivity contribution in [3.05, 3.63) is 34.9 Å². The molecule has 2 fully saturated rings. The molecular weight excluding hydrogens is 348 g/mol. The third-order valence-corrected chi connectivity index (χ3v) is 5.09. The SMILES string of the molecule is Fc1c(F)c(N2CCCCCC2)c(F)c(F)c1/C=C/C[NH+]1CCOCC1. The molecule has 0 atom stereocenters. The van der Waals surface area contributed by atoms with Crippen LogP contribution in [0.15, 0.2) is 6.08 Å². The van der Waals surface area contributed by atoms with Gasteiger partial charge in [-0.25, -0.2) is 17.6 Å². The second-order valence-corrected chi connectivity index (χ2v) is 6.89. The van der Waals surface area contributed by atoms with Crippen molar-refractivity contribution in [3.8, 4) is 0 Å². The van der Waals surface area contributed by atoms with Crippen molar-refractivity contribution < 1.29 is 27.2 Å². The van der Waals surface area contributed by atoms with Gasteiger partial charge in [-0.1, -0.05) is 12.8 Å². The smallest absolute Gasteiger partial charge is 0.185 e. The van der Waals surface area contributed by atoms with Crippen LogP contribution in [0.1, 0.15) is 31.2 Å². The van der Waals surface area contributed by atoms with E-state index in [4.69, 9.17) is 4.74 Å². The molecule has 0 amide bonds. The molecule has 0 unspecified atom stereocenters. The molecule has 26 heavy (non-hydrogen) atoms. The van der Waals surface area contributed by atoms with Crippen LogP contribution in [0.2, 0.25) is 0 Å². The van der Waals surface area contributed by atoms with Gasteiger partial charge in [0.1, 0.15) is 18.8 Å². The van der Waals surface area contributed by atoms with E-state index >= 15 is 0 Å². The number of hydrogen-bond donors (Lipinski definition) is 1. The third-order valence-electron chi connectivity index (χ3n) is 5.09. The van der Waals surface area contributed by atoms with Crippen LogP contribution in [0.25, 0.3) is 6.08 Å². The summed E-state index contributed by atoms with van der Waals surface area (Å²) in [6, 6.07) is 0. The van der Waals surface area contributed by atoms with E-state index < -0.39 is 34.5 Å². The first-order chi connectivity index (χ1) is 12.6. The highest BCUT2D eigenvalue weighted by Gasteiger charge is 2.28. The number of rotatable bonds is 4. The minimum Gasteiger partial charge on any atom is -0.370 e. The molecule has 2 aliphatic heterocycles. The summed E-state index contributed by atoms with van der Waals surface area (Å²) in [4.78, 5) is 2.63. The van der Waals surface area contributed by atoms with Gasteiger partial charge in [0.15, 0.2) is 23.3 Å². The highest BCUT2D eigenvalue weighted by molar-refractivity contribution is 5.60. The Bertz CT molecular complexity index is 622. The number of morpholine rings is 1. The van der Waals surface area contributed by atoms with Crippen LogP contribution < -0.4 is 9.80 Å². The minimum atomic E-state index is -1.32. The zero-order valence-electron chi connectivity index (χ0n) is 14.8. The number of anilines is 1. The fourth-order valence-electron chi connectivity index (χ4n) is 3.56.